The van der Waals surface area contributed by atoms with Gasteiger partial charge < -0.3 is 10.1 Å². The maximum Gasteiger partial charge on any atom is 0.355 e. The minimum absolute atomic E-state index is 0.185. The molecule has 0 unspecified atom stereocenters. The van der Waals surface area contributed by atoms with Crippen molar-refractivity contribution in [3.05, 3.63) is 53.7 Å². The molecule has 2 aromatic carbocycles. The second kappa shape index (κ2) is 5.64. The summed E-state index contributed by atoms with van der Waals surface area (Å²) in [5.41, 5.74) is 1.88. The van der Waals surface area contributed by atoms with Crippen molar-refractivity contribution < 1.29 is 14.3 Å². The highest BCUT2D eigenvalue weighted by Gasteiger charge is 2.28. The lowest BCUT2D eigenvalue weighted by Gasteiger charge is -2.09. The average Bonchev–Trinajstić information content (AvgIpc) is 2.88. The van der Waals surface area contributed by atoms with E-state index in [-0.39, 0.29) is 24.1 Å². The van der Waals surface area contributed by atoms with Gasteiger partial charge in [0.05, 0.1) is 0 Å². The van der Waals surface area contributed by atoms with Gasteiger partial charge in [0, 0.05) is 11.5 Å². The van der Waals surface area contributed by atoms with E-state index in [4.69, 9.17) is 4.74 Å². The Morgan fingerprint density at radius 2 is 1.86 bits per heavy atom. The Kier molecular flexibility index (Phi) is 3.67. The molecule has 0 fully saturated rings. The molecule has 1 aliphatic rings. The van der Waals surface area contributed by atoms with Crippen molar-refractivity contribution in [1.82, 2.24) is 5.32 Å². The number of amides is 1. The van der Waals surface area contributed by atoms with Crippen molar-refractivity contribution in [3.63, 3.8) is 0 Å². The molecule has 4 heteroatoms. The number of nitrogens with one attached hydrogen (secondary N) is 1. The van der Waals surface area contributed by atoms with Crippen LogP contribution in [0.15, 0.2) is 48.2 Å². The van der Waals surface area contributed by atoms with Gasteiger partial charge in [0.25, 0.3) is 0 Å². The molecule has 1 N–H and O–H groups in total. The molecule has 0 saturated carbocycles. The summed E-state index contributed by atoms with van der Waals surface area (Å²) in [5, 5.41) is 4.90. The molecule has 0 aromatic heterocycles. The first-order valence-corrected chi connectivity index (χ1v) is 7.26. The van der Waals surface area contributed by atoms with Crippen LogP contribution in [0.3, 0.4) is 0 Å². The number of hydrogen-bond donors (Lipinski definition) is 1. The van der Waals surface area contributed by atoms with Crippen LogP contribution in [-0.2, 0) is 14.3 Å². The first kappa shape index (κ1) is 14.3. The third-order valence-electron chi connectivity index (χ3n) is 3.72. The second-order valence-electron chi connectivity index (χ2n) is 5.64. The van der Waals surface area contributed by atoms with Crippen LogP contribution in [-0.4, -0.2) is 18.5 Å². The SMILES string of the molecule is CC(C)C(=O)NC1=C(c2ccc3ccccc3c2)COC1=O. The van der Waals surface area contributed by atoms with Gasteiger partial charge in [0.2, 0.25) is 5.91 Å². The van der Waals surface area contributed by atoms with E-state index in [1.165, 1.54) is 0 Å². The number of hydrogen-bond acceptors (Lipinski definition) is 3. The second-order valence-corrected chi connectivity index (χ2v) is 5.64. The van der Waals surface area contributed by atoms with Gasteiger partial charge in [-0.05, 0) is 22.4 Å². The van der Waals surface area contributed by atoms with Crippen LogP contribution in [0.1, 0.15) is 19.4 Å². The molecule has 4 nitrogen and oxygen atoms in total. The van der Waals surface area contributed by atoms with Crippen molar-refractivity contribution >= 4 is 28.2 Å². The van der Waals surface area contributed by atoms with Crippen molar-refractivity contribution in [2.75, 3.05) is 6.61 Å². The number of carbonyl (C=O) groups excluding carboxylic acids is 2. The minimum atomic E-state index is -0.475. The predicted octanol–water partition coefficient (Wildman–Crippen LogP) is 2.88. The summed E-state index contributed by atoms with van der Waals surface area (Å²) in [6.45, 7) is 3.75. The largest absolute Gasteiger partial charge is 0.456 e. The Morgan fingerprint density at radius 1 is 1.14 bits per heavy atom. The molecule has 0 aliphatic carbocycles. The Morgan fingerprint density at radius 3 is 2.59 bits per heavy atom. The van der Waals surface area contributed by atoms with Gasteiger partial charge in [-0.2, -0.15) is 0 Å². The molecular formula is C18H17NO3. The molecule has 1 aliphatic heterocycles. The lowest BCUT2D eigenvalue weighted by Crippen LogP contribution is -2.30. The lowest BCUT2D eigenvalue weighted by atomic mass is 10.0. The van der Waals surface area contributed by atoms with Gasteiger partial charge >= 0.3 is 5.97 Å². The minimum Gasteiger partial charge on any atom is -0.456 e. The molecule has 0 radical (unpaired) electrons. The highest BCUT2D eigenvalue weighted by Crippen LogP contribution is 2.27. The molecule has 1 heterocycles. The van der Waals surface area contributed by atoms with E-state index in [1.807, 2.05) is 42.5 Å². The van der Waals surface area contributed by atoms with Gasteiger partial charge in [-0.1, -0.05) is 50.2 Å². The maximum atomic E-state index is 11.9. The molecule has 0 saturated heterocycles. The lowest BCUT2D eigenvalue weighted by molar-refractivity contribution is -0.137. The fourth-order valence-corrected chi connectivity index (χ4v) is 2.40. The summed E-state index contributed by atoms with van der Waals surface area (Å²) in [6, 6.07) is 14.0. The van der Waals surface area contributed by atoms with Crippen LogP contribution in [0.2, 0.25) is 0 Å². The van der Waals surface area contributed by atoms with Crippen LogP contribution in [0.4, 0.5) is 0 Å². The number of esters is 1. The van der Waals surface area contributed by atoms with Crippen molar-refractivity contribution in [2.24, 2.45) is 5.92 Å². The van der Waals surface area contributed by atoms with E-state index in [2.05, 4.69) is 5.32 Å². The summed E-state index contributed by atoms with van der Waals surface area (Å²) in [5.74, 6) is -0.858. The molecule has 0 atom stereocenters. The highest BCUT2D eigenvalue weighted by molar-refractivity contribution is 6.05. The molecule has 1 amide bonds. The number of cyclic esters (lactones) is 1. The molecule has 0 bridgehead atoms. The summed E-state index contributed by atoms with van der Waals surface area (Å²) < 4.78 is 5.10. The summed E-state index contributed by atoms with van der Waals surface area (Å²) >= 11 is 0. The van der Waals surface area contributed by atoms with Gasteiger partial charge in [-0.15, -0.1) is 0 Å². The standard InChI is InChI=1S/C18H17NO3/c1-11(2)17(20)19-16-15(10-22-18(16)21)14-8-7-12-5-3-4-6-13(12)9-14/h3-9,11H,10H2,1-2H3,(H,19,20). The number of carbonyl (C=O) groups is 2. The zero-order valence-corrected chi connectivity index (χ0v) is 12.6. The quantitative estimate of drug-likeness (QED) is 0.886. The summed E-state index contributed by atoms with van der Waals surface area (Å²) in [6.07, 6.45) is 0. The van der Waals surface area contributed by atoms with Crippen LogP contribution in [0, 0.1) is 5.92 Å². The van der Waals surface area contributed by atoms with Crippen molar-refractivity contribution in [1.29, 1.82) is 0 Å². The molecule has 3 rings (SSSR count). The third kappa shape index (κ3) is 2.60. The average molecular weight is 295 g/mol. The smallest absolute Gasteiger partial charge is 0.355 e. The highest BCUT2D eigenvalue weighted by atomic mass is 16.5. The Bertz CT molecular complexity index is 790. The van der Waals surface area contributed by atoms with Crippen molar-refractivity contribution in [2.45, 2.75) is 13.8 Å². The van der Waals surface area contributed by atoms with E-state index in [9.17, 15) is 9.59 Å². The normalized spacial score (nSPS) is 14.6. The predicted molar refractivity (Wildman–Crippen MR) is 84.8 cm³/mol. The van der Waals surface area contributed by atoms with Gasteiger partial charge in [0.15, 0.2) is 0 Å². The molecule has 112 valence electrons. The molecular weight excluding hydrogens is 278 g/mol. The number of ether oxygens (including phenoxy) is 1. The topological polar surface area (TPSA) is 55.4 Å². The maximum absolute atomic E-state index is 11.9. The third-order valence-corrected chi connectivity index (χ3v) is 3.72. The van der Waals surface area contributed by atoms with Gasteiger partial charge in [0.1, 0.15) is 12.3 Å². The van der Waals surface area contributed by atoms with Crippen LogP contribution in [0.5, 0.6) is 0 Å². The van der Waals surface area contributed by atoms with Gasteiger partial charge in [-0.3, -0.25) is 4.79 Å². The number of benzene rings is 2. The van der Waals surface area contributed by atoms with E-state index >= 15 is 0 Å². The Balaban J connectivity index is 2.03. The Hall–Kier alpha value is -2.62. The van der Waals surface area contributed by atoms with E-state index in [1.54, 1.807) is 13.8 Å². The fourth-order valence-electron chi connectivity index (χ4n) is 2.40. The monoisotopic (exact) mass is 295 g/mol. The zero-order valence-electron chi connectivity index (χ0n) is 12.6. The Labute approximate surface area is 128 Å². The van der Waals surface area contributed by atoms with E-state index in [0.717, 1.165) is 21.9 Å². The van der Waals surface area contributed by atoms with E-state index < -0.39 is 5.97 Å². The molecule has 0 spiro atoms. The molecule has 2 aromatic rings. The first-order valence-electron chi connectivity index (χ1n) is 7.26. The van der Waals surface area contributed by atoms with Crippen LogP contribution >= 0.6 is 0 Å². The number of fused-ring (bicyclic) bond motifs is 1. The van der Waals surface area contributed by atoms with Crippen LogP contribution in [0.25, 0.3) is 16.3 Å². The first-order chi connectivity index (χ1) is 10.6. The van der Waals surface area contributed by atoms with Gasteiger partial charge in [-0.25, -0.2) is 4.79 Å². The number of rotatable bonds is 3. The van der Waals surface area contributed by atoms with E-state index in [0.29, 0.717) is 0 Å². The van der Waals surface area contributed by atoms with Crippen LogP contribution < -0.4 is 5.32 Å². The molecule has 22 heavy (non-hydrogen) atoms. The zero-order chi connectivity index (χ0) is 15.7. The fraction of sp³-hybridized carbons (Fsp3) is 0.222. The summed E-state index contributed by atoms with van der Waals surface area (Å²) in [4.78, 5) is 23.8. The summed E-state index contributed by atoms with van der Waals surface area (Å²) in [7, 11) is 0. The van der Waals surface area contributed by atoms with Crippen molar-refractivity contribution in [3.8, 4) is 0 Å².